The van der Waals surface area contributed by atoms with E-state index in [9.17, 15) is 4.79 Å². The number of benzene rings is 1. The number of halogens is 2. The first-order chi connectivity index (χ1) is 6.06. The summed E-state index contributed by atoms with van der Waals surface area (Å²) < 4.78 is 0. The number of hydrogen-bond acceptors (Lipinski definition) is 2. The van der Waals surface area contributed by atoms with Crippen LogP contribution in [-0.4, -0.2) is 17.3 Å². The molecule has 1 rings (SSSR count). The fourth-order valence-electron chi connectivity index (χ4n) is 0.872. The molecule has 0 aliphatic heterocycles. The lowest BCUT2D eigenvalue weighted by Crippen LogP contribution is -1.98. The highest BCUT2D eigenvalue weighted by atomic mass is 35.5. The van der Waals surface area contributed by atoms with Crippen LogP contribution in [0, 0.1) is 0 Å². The Labute approximate surface area is 89.8 Å². The summed E-state index contributed by atoms with van der Waals surface area (Å²) in [5, 5.41) is 9.08. The zero-order valence-electron chi connectivity index (χ0n) is 6.67. The van der Waals surface area contributed by atoms with Gasteiger partial charge in [-0.2, -0.15) is 0 Å². The third-order valence-corrected chi connectivity index (χ3v) is 2.77. The topological polar surface area (TPSA) is 37.3 Å². The molecule has 0 amide bonds. The highest BCUT2D eigenvalue weighted by Gasteiger charge is 2.14. The summed E-state index contributed by atoms with van der Waals surface area (Å²) in [6, 6.07) is 3.17. The number of carboxylic acid groups (broad SMARTS) is 1. The Kier molecular flexibility index (Phi) is 3.47. The molecule has 0 spiro atoms. The van der Waals surface area contributed by atoms with Crippen LogP contribution in [0.5, 0.6) is 0 Å². The summed E-state index contributed by atoms with van der Waals surface area (Å²) in [4.78, 5) is 11.5. The molecule has 0 aliphatic rings. The molecule has 0 saturated carbocycles. The van der Waals surface area contributed by atoms with Gasteiger partial charge in [0.05, 0.1) is 15.6 Å². The van der Waals surface area contributed by atoms with Crippen LogP contribution in [-0.2, 0) is 0 Å². The van der Waals surface area contributed by atoms with Crippen LogP contribution < -0.4 is 0 Å². The average Bonchev–Trinajstić information content (AvgIpc) is 2.02. The van der Waals surface area contributed by atoms with Gasteiger partial charge in [0.15, 0.2) is 0 Å². The fourth-order valence-corrected chi connectivity index (χ4v) is 2.12. The van der Waals surface area contributed by atoms with Crippen molar-refractivity contribution in [1.82, 2.24) is 0 Å². The zero-order chi connectivity index (χ0) is 10.0. The van der Waals surface area contributed by atoms with E-state index in [1.165, 1.54) is 11.8 Å². The maximum Gasteiger partial charge on any atom is 0.338 e. The van der Waals surface area contributed by atoms with Crippen LogP contribution in [0.15, 0.2) is 17.0 Å². The number of carbonyl (C=O) groups is 1. The van der Waals surface area contributed by atoms with Gasteiger partial charge in [-0.1, -0.05) is 23.2 Å². The van der Waals surface area contributed by atoms with Gasteiger partial charge in [0.1, 0.15) is 0 Å². The second kappa shape index (κ2) is 4.22. The lowest BCUT2D eigenvalue weighted by molar-refractivity contribution is 0.0697. The molecule has 0 radical (unpaired) electrons. The third kappa shape index (κ3) is 2.30. The quantitative estimate of drug-likeness (QED) is 0.801. The summed E-state index contributed by atoms with van der Waals surface area (Å²) in [5.74, 6) is -1.11. The highest BCUT2D eigenvalue weighted by molar-refractivity contribution is 7.98. The molecule has 1 aromatic carbocycles. The Morgan fingerprint density at radius 2 is 1.85 bits per heavy atom. The van der Waals surface area contributed by atoms with Crippen molar-refractivity contribution in [2.45, 2.75) is 4.90 Å². The van der Waals surface area contributed by atoms with Crippen LogP contribution >= 0.6 is 35.0 Å². The minimum Gasteiger partial charge on any atom is -0.478 e. The van der Waals surface area contributed by atoms with Crippen molar-refractivity contribution in [1.29, 1.82) is 0 Å². The van der Waals surface area contributed by atoms with Crippen molar-refractivity contribution >= 4 is 40.9 Å². The van der Waals surface area contributed by atoms with E-state index < -0.39 is 5.97 Å². The predicted octanol–water partition coefficient (Wildman–Crippen LogP) is 3.41. The van der Waals surface area contributed by atoms with E-state index in [1.54, 1.807) is 12.1 Å². The van der Waals surface area contributed by atoms with Gasteiger partial charge in [-0.15, -0.1) is 11.8 Å². The van der Waals surface area contributed by atoms with Crippen molar-refractivity contribution in [3.8, 4) is 0 Å². The predicted molar refractivity (Wildman–Crippen MR) is 55.2 cm³/mol. The smallest absolute Gasteiger partial charge is 0.338 e. The lowest BCUT2D eigenvalue weighted by atomic mass is 10.2. The van der Waals surface area contributed by atoms with E-state index in [1.807, 2.05) is 6.26 Å². The largest absolute Gasteiger partial charge is 0.478 e. The second-order valence-corrected chi connectivity index (χ2v) is 3.97. The molecular formula is C8H6Cl2O2S. The first-order valence-corrected chi connectivity index (χ1v) is 5.30. The SMILES string of the molecule is CSc1cc(Cl)c(C(=O)O)c(Cl)c1. The Balaban J connectivity index is 3.31. The van der Waals surface area contributed by atoms with Crippen LogP contribution in [0.1, 0.15) is 10.4 Å². The van der Waals surface area contributed by atoms with Crippen LogP contribution in [0.4, 0.5) is 0 Å². The molecule has 13 heavy (non-hydrogen) atoms. The molecular weight excluding hydrogens is 231 g/mol. The van der Waals surface area contributed by atoms with E-state index in [-0.39, 0.29) is 15.6 Å². The van der Waals surface area contributed by atoms with Crippen molar-refractivity contribution in [3.63, 3.8) is 0 Å². The van der Waals surface area contributed by atoms with Crippen molar-refractivity contribution in [3.05, 3.63) is 27.7 Å². The van der Waals surface area contributed by atoms with Crippen LogP contribution in [0.25, 0.3) is 0 Å². The van der Waals surface area contributed by atoms with E-state index in [2.05, 4.69) is 0 Å². The van der Waals surface area contributed by atoms with Gasteiger partial charge in [-0.3, -0.25) is 0 Å². The van der Waals surface area contributed by atoms with Gasteiger partial charge in [-0.25, -0.2) is 4.79 Å². The monoisotopic (exact) mass is 236 g/mol. The van der Waals surface area contributed by atoms with Gasteiger partial charge in [0, 0.05) is 4.90 Å². The third-order valence-electron chi connectivity index (χ3n) is 1.47. The number of hydrogen-bond donors (Lipinski definition) is 1. The number of carboxylic acids is 1. The standard InChI is InChI=1S/C8H6Cl2O2S/c1-13-4-2-5(9)7(8(11)12)6(10)3-4/h2-3H,1H3,(H,11,12). The van der Waals surface area contributed by atoms with Crippen molar-refractivity contribution in [2.75, 3.05) is 6.26 Å². The number of rotatable bonds is 2. The van der Waals surface area contributed by atoms with Crippen LogP contribution in [0.3, 0.4) is 0 Å². The molecule has 5 heteroatoms. The van der Waals surface area contributed by atoms with E-state index in [0.717, 1.165) is 4.90 Å². The molecule has 0 saturated heterocycles. The minimum absolute atomic E-state index is 0.0406. The Hall–Kier alpha value is -0.380. The molecule has 0 fully saturated rings. The molecule has 0 aliphatic carbocycles. The zero-order valence-corrected chi connectivity index (χ0v) is 9.00. The van der Waals surface area contributed by atoms with Crippen molar-refractivity contribution < 1.29 is 9.90 Å². The number of aromatic carboxylic acids is 1. The minimum atomic E-state index is -1.11. The van der Waals surface area contributed by atoms with Gasteiger partial charge < -0.3 is 5.11 Å². The summed E-state index contributed by atoms with van der Waals surface area (Å²) in [6.07, 6.45) is 1.86. The van der Waals surface area contributed by atoms with Crippen molar-refractivity contribution in [2.24, 2.45) is 0 Å². The lowest BCUT2D eigenvalue weighted by Gasteiger charge is -2.03. The van der Waals surface area contributed by atoms with E-state index >= 15 is 0 Å². The number of thioether (sulfide) groups is 1. The fraction of sp³-hybridized carbons (Fsp3) is 0.125. The molecule has 0 heterocycles. The maximum atomic E-state index is 10.7. The van der Waals surface area contributed by atoms with Gasteiger partial charge in [0.2, 0.25) is 0 Å². The summed E-state index contributed by atoms with van der Waals surface area (Å²) >= 11 is 12.9. The molecule has 0 unspecified atom stereocenters. The normalized spacial score (nSPS) is 10.1. The summed E-state index contributed by atoms with van der Waals surface area (Å²) in [6.45, 7) is 0. The Bertz CT molecular complexity index is 329. The molecule has 1 aromatic rings. The van der Waals surface area contributed by atoms with E-state index in [4.69, 9.17) is 28.3 Å². The molecule has 0 aromatic heterocycles. The van der Waals surface area contributed by atoms with Crippen LogP contribution in [0.2, 0.25) is 10.0 Å². The summed E-state index contributed by atoms with van der Waals surface area (Å²) in [7, 11) is 0. The Morgan fingerprint density at radius 3 is 2.15 bits per heavy atom. The average molecular weight is 237 g/mol. The molecule has 0 atom stereocenters. The van der Waals surface area contributed by atoms with E-state index in [0.29, 0.717) is 0 Å². The molecule has 1 N–H and O–H groups in total. The molecule has 2 nitrogen and oxygen atoms in total. The molecule has 70 valence electrons. The second-order valence-electron chi connectivity index (χ2n) is 2.27. The first kappa shape index (κ1) is 10.7. The van der Waals surface area contributed by atoms with Gasteiger partial charge in [0.25, 0.3) is 0 Å². The van der Waals surface area contributed by atoms with Gasteiger partial charge in [-0.05, 0) is 18.4 Å². The Morgan fingerprint density at radius 1 is 1.38 bits per heavy atom. The summed E-state index contributed by atoms with van der Waals surface area (Å²) in [5.41, 5.74) is -0.0406. The molecule has 0 bridgehead atoms. The maximum absolute atomic E-state index is 10.7. The highest BCUT2D eigenvalue weighted by Crippen LogP contribution is 2.30. The van der Waals surface area contributed by atoms with Gasteiger partial charge >= 0.3 is 5.97 Å². The first-order valence-electron chi connectivity index (χ1n) is 3.32.